The smallest absolute Gasteiger partial charge is 0.241 e. The molecular weight excluding hydrogens is 302 g/mol. The van der Waals surface area contributed by atoms with Gasteiger partial charge in [-0.2, -0.15) is 0 Å². The van der Waals surface area contributed by atoms with Gasteiger partial charge < -0.3 is 11.1 Å². The van der Waals surface area contributed by atoms with Gasteiger partial charge in [-0.3, -0.25) is 4.79 Å². The van der Waals surface area contributed by atoms with Gasteiger partial charge in [0.05, 0.1) is 10.9 Å². The number of hydrogen-bond donors (Lipinski definition) is 3. The van der Waals surface area contributed by atoms with E-state index in [4.69, 9.17) is 5.73 Å². The second kappa shape index (κ2) is 7.21. The van der Waals surface area contributed by atoms with Crippen LogP contribution < -0.4 is 15.8 Å². The predicted molar refractivity (Wildman–Crippen MR) is 88.0 cm³/mol. The first kappa shape index (κ1) is 18.6. The first-order valence-corrected chi connectivity index (χ1v) is 8.74. The Kier molecular flexibility index (Phi) is 6.10. The molecule has 0 aromatic heterocycles. The summed E-state index contributed by atoms with van der Waals surface area (Å²) in [6.07, 6.45) is 1.38. The van der Waals surface area contributed by atoms with Crippen molar-refractivity contribution in [2.24, 2.45) is 5.73 Å². The lowest BCUT2D eigenvalue weighted by Crippen LogP contribution is -2.40. The van der Waals surface area contributed by atoms with Gasteiger partial charge in [-0.15, -0.1) is 0 Å². The molecule has 0 spiro atoms. The molecule has 1 amide bonds. The fourth-order valence-electron chi connectivity index (χ4n) is 1.88. The van der Waals surface area contributed by atoms with E-state index in [-0.39, 0.29) is 10.8 Å². The zero-order valence-corrected chi connectivity index (χ0v) is 14.3. The molecule has 0 saturated carbocycles. The Hall–Kier alpha value is -1.44. The summed E-state index contributed by atoms with van der Waals surface area (Å²) in [5.41, 5.74) is 5.57. The van der Waals surface area contributed by atoms with E-state index in [1.54, 1.807) is 32.9 Å². The Morgan fingerprint density at radius 3 is 2.50 bits per heavy atom. The van der Waals surface area contributed by atoms with E-state index < -0.39 is 21.6 Å². The van der Waals surface area contributed by atoms with Crippen molar-refractivity contribution in [3.63, 3.8) is 0 Å². The summed E-state index contributed by atoms with van der Waals surface area (Å²) in [5.74, 6) is -0.319. The second-order valence-electron chi connectivity index (χ2n) is 6.27. The van der Waals surface area contributed by atoms with Gasteiger partial charge in [0.2, 0.25) is 15.9 Å². The van der Waals surface area contributed by atoms with Crippen molar-refractivity contribution in [3.8, 4) is 0 Å². The highest BCUT2D eigenvalue weighted by molar-refractivity contribution is 7.89. The van der Waals surface area contributed by atoms with Crippen LogP contribution in [0, 0.1) is 0 Å². The van der Waals surface area contributed by atoms with Crippen LogP contribution in [0.25, 0.3) is 0 Å². The quantitative estimate of drug-likeness (QED) is 0.742. The minimum absolute atomic E-state index is 0.101. The van der Waals surface area contributed by atoms with Crippen molar-refractivity contribution < 1.29 is 13.2 Å². The van der Waals surface area contributed by atoms with Gasteiger partial charge in [0.15, 0.2) is 0 Å². The van der Waals surface area contributed by atoms with Crippen molar-refractivity contribution in [1.82, 2.24) is 4.72 Å². The monoisotopic (exact) mass is 327 g/mol. The Balaban J connectivity index is 2.93. The molecule has 22 heavy (non-hydrogen) atoms. The lowest BCUT2D eigenvalue weighted by Gasteiger charge is -2.20. The van der Waals surface area contributed by atoms with Gasteiger partial charge in [0.25, 0.3) is 0 Å². The third kappa shape index (κ3) is 5.75. The highest BCUT2D eigenvalue weighted by Crippen LogP contribution is 2.17. The fraction of sp³-hybridized carbons (Fsp3) is 0.533. The Morgan fingerprint density at radius 1 is 1.32 bits per heavy atom. The van der Waals surface area contributed by atoms with E-state index in [2.05, 4.69) is 10.0 Å². The number of amides is 1. The van der Waals surface area contributed by atoms with Crippen LogP contribution in [-0.4, -0.2) is 25.9 Å². The lowest BCUT2D eigenvalue weighted by molar-refractivity contribution is -0.117. The molecule has 0 bridgehead atoms. The van der Waals surface area contributed by atoms with Crippen LogP contribution in [-0.2, 0) is 14.8 Å². The van der Waals surface area contributed by atoms with Crippen molar-refractivity contribution in [2.45, 2.75) is 57.0 Å². The molecule has 1 aromatic rings. The largest absolute Gasteiger partial charge is 0.325 e. The van der Waals surface area contributed by atoms with E-state index in [1.807, 2.05) is 6.92 Å². The highest BCUT2D eigenvalue weighted by atomic mass is 32.2. The van der Waals surface area contributed by atoms with E-state index in [0.717, 1.165) is 6.42 Å². The standard InChI is InChI=1S/C15H25N3O3S/c1-5-7-13(16)14(19)17-11-8-6-9-12(10-11)22(20,21)18-15(2,3)4/h6,8-10,13,18H,5,7,16H2,1-4H3,(H,17,19). The topological polar surface area (TPSA) is 101 Å². The summed E-state index contributed by atoms with van der Waals surface area (Å²) in [6, 6.07) is 5.52. The van der Waals surface area contributed by atoms with Gasteiger partial charge in [-0.05, 0) is 45.4 Å². The number of anilines is 1. The fourth-order valence-corrected chi connectivity index (χ4v) is 3.34. The number of nitrogens with one attached hydrogen (secondary N) is 2. The number of carbonyl (C=O) groups is 1. The van der Waals surface area contributed by atoms with Crippen molar-refractivity contribution in [1.29, 1.82) is 0 Å². The summed E-state index contributed by atoms with van der Waals surface area (Å²) in [7, 11) is -3.64. The molecule has 1 unspecified atom stereocenters. The van der Waals surface area contributed by atoms with Crippen molar-refractivity contribution >= 4 is 21.6 Å². The van der Waals surface area contributed by atoms with Crippen LogP contribution in [0.3, 0.4) is 0 Å². The van der Waals surface area contributed by atoms with E-state index in [1.165, 1.54) is 12.1 Å². The van der Waals surface area contributed by atoms with Gasteiger partial charge >= 0.3 is 0 Å². The maximum atomic E-state index is 12.3. The van der Waals surface area contributed by atoms with Crippen LogP contribution in [0.4, 0.5) is 5.69 Å². The third-order valence-electron chi connectivity index (χ3n) is 2.79. The lowest BCUT2D eigenvalue weighted by atomic mass is 10.1. The van der Waals surface area contributed by atoms with Crippen LogP contribution in [0.1, 0.15) is 40.5 Å². The molecule has 0 aliphatic heterocycles. The first-order valence-electron chi connectivity index (χ1n) is 7.25. The third-order valence-corrected chi connectivity index (χ3v) is 4.54. The molecule has 4 N–H and O–H groups in total. The molecule has 0 fully saturated rings. The van der Waals surface area contributed by atoms with Crippen LogP contribution in [0.2, 0.25) is 0 Å². The Bertz CT molecular complexity index is 621. The summed E-state index contributed by atoms with van der Waals surface area (Å²) >= 11 is 0. The Labute approximate surface area is 132 Å². The molecule has 0 aliphatic carbocycles. The summed E-state index contributed by atoms with van der Waals surface area (Å²) in [4.78, 5) is 12.0. The van der Waals surface area contributed by atoms with Gasteiger partial charge in [0, 0.05) is 11.2 Å². The molecule has 1 aromatic carbocycles. The summed E-state index contributed by atoms with van der Waals surface area (Å²) in [6.45, 7) is 7.23. The van der Waals surface area contributed by atoms with Crippen LogP contribution in [0.15, 0.2) is 29.2 Å². The number of hydrogen-bond acceptors (Lipinski definition) is 4. The zero-order valence-electron chi connectivity index (χ0n) is 13.5. The van der Waals surface area contributed by atoms with Crippen molar-refractivity contribution in [3.05, 3.63) is 24.3 Å². The molecule has 1 rings (SSSR count). The molecule has 0 aliphatic rings. The number of benzene rings is 1. The minimum Gasteiger partial charge on any atom is -0.325 e. The highest BCUT2D eigenvalue weighted by Gasteiger charge is 2.22. The normalized spacial score (nSPS) is 13.7. The SMILES string of the molecule is CCCC(N)C(=O)Nc1cccc(S(=O)(=O)NC(C)(C)C)c1. The van der Waals surface area contributed by atoms with E-state index in [0.29, 0.717) is 12.1 Å². The predicted octanol–water partition coefficient (Wildman–Crippen LogP) is 1.83. The Morgan fingerprint density at radius 2 is 1.95 bits per heavy atom. The molecular formula is C15H25N3O3S. The van der Waals surface area contributed by atoms with E-state index in [9.17, 15) is 13.2 Å². The average Bonchev–Trinajstić information content (AvgIpc) is 2.36. The average molecular weight is 327 g/mol. The number of carbonyl (C=O) groups excluding carboxylic acids is 1. The molecule has 7 heteroatoms. The van der Waals surface area contributed by atoms with Crippen molar-refractivity contribution in [2.75, 3.05) is 5.32 Å². The maximum Gasteiger partial charge on any atom is 0.241 e. The second-order valence-corrected chi connectivity index (χ2v) is 7.95. The van der Waals surface area contributed by atoms with Gasteiger partial charge in [0.1, 0.15) is 0 Å². The number of rotatable bonds is 6. The van der Waals surface area contributed by atoms with Gasteiger partial charge in [-0.25, -0.2) is 13.1 Å². The van der Waals surface area contributed by atoms with E-state index >= 15 is 0 Å². The minimum atomic E-state index is -3.64. The number of sulfonamides is 1. The first-order chi connectivity index (χ1) is 10.0. The zero-order chi connectivity index (χ0) is 17.0. The van der Waals surface area contributed by atoms with Crippen LogP contribution >= 0.6 is 0 Å². The molecule has 1 atom stereocenters. The summed E-state index contributed by atoms with van der Waals surface area (Å²) in [5, 5.41) is 2.65. The molecule has 0 heterocycles. The molecule has 6 nitrogen and oxygen atoms in total. The molecule has 0 saturated heterocycles. The maximum absolute atomic E-state index is 12.3. The van der Waals surface area contributed by atoms with Crippen LogP contribution in [0.5, 0.6) is 0 Å². The molecule has 0 radical (unpaired) electrons. The molecule has 124 valence electrons. The number of nitrogens with two attached hydrogens (primary N) is 1. The summed E-state index contributed by atoms with van der Waals surface area (Å²) < 4.78 is 27.1. The van der Waals surface area contributed by atoms with Gasteiger partial charge in [-0.1, -0.05) is 19.4 Å².